The first kappa shape index (κ1) is 15.7. The molecule has 0 aliphatic heterocycles. The summed E-state index contributed by atoms with van der Waals surface area (Å²) in [5.74, 6) is -1.24. The van der Waals surface area contributed by atoms with Gasteiger partial charge in [0, 0.05) is 0 Å². The van der Waals surface area contributed by atoms with Crippen molar-refractivity contribution in [2.75, 3.05) is 0 Å². The highest BCUT2D eigenvalue weighted by Crippen LogP contribution is 2.32. The van der Waals surface area contributed by atoms with Crippen LogP contribution in [0.15, 0.2) is 18.2 Å². The number of rotatable bonds is 2. The molecule has 1 rings (SSSR count). The third-order valence-electron chi connectivity index (χ3n) is 3.56. The Kier molecular flexibility index (Phi) is 4.14. The Morgan fingerprint density at radius 1 is 0.947 bits per heavy atom. The van der Waals surface area contributed by atoms with Crippen LogP contribution in [-0.2, 0) is 15.6 Å². The van der Waals surface area contributed by atoms with Gasteiger partial charge in [-0.2, -0.15) is 0 Å². The summed E-state index contributed by atoms with van der Waals surface area (Å²) in [5.41, 5.74) is 3.33. The van der Waals surface area contributed by atoms with Crippen LogP contribution in [0.5, 0.6) is 0 Å². The van der Waals surface area contributed by atoms with Gasteiger partial charge in [0.25, 0.3) is 0 Å². The fraction of sp³-hybridized carbons (Fsp3) is 0.588. The van der Waals surface area contributed by atoms with E-state index in [0.29, 0.717) is 0 Å². The minimum Gasteiger partial charge on any atom is -0.481 e. The highest BCUT2D eigenvalue weighted by atomic mass is 16.4. The highest BCUT2D eigenvalue weighted by Gasteiger charge is 2.23. The molecule has 0 saturated heterocycles. The van der Waals surface area contributed by atoms with Gasteiger partial charge < -0.3 is 5.11 Å². The van der Waals surface area contributed by atoms with Gasteiger partial charge in [0.1, 0.15) is 0 Å². The van der Waals surface area contributed by atoms with Crippen molar-refractivity contribution < 1.29 is 9.90 Å². The molecule has 0 aromatic heterocycles. The first-order valence-electron chi connectivity index (χ1n) is 6.81. The number of carboxylic acid groups (broad SMARTS) is 1. The van der Waals surface area contributed by atoms with E-state index in [0.717, 1.165) is 5.56 Å². The first-order chi connectivity index (χ1) is 8.43. The van der Waals surface area contributed by atoms with Crippen LogP contribution in [0.4, 0.5) is 0 Å². The number of carboxylic acids is 1. The normalized spacial score (nSPS) is 14.3. The number of benzene rings is 1. The Hall–Kier alpha value is -1.31. The van der Waals surface area contributed by atoms with Crippen LogP contribution >= 0.6 is 0 Å². The second kappa shape index (κ2) is 4.99. The summed E-state index contributed by atoms with van der Waals surface area (Å²) < 4.78 is 0. The predicted molar refractivity (Wildman–Crippen MR) is 79.9 cm³/mol. The summed E-state index contributed by atoms with van der Waals surface area (Å²) in [6, 6.07) is 6.28. The van der Waals surface area contributed by atoms with Crippen LogP contribution < -0.4 is 0 Å². The van der Waals surface area contributed by atoms with Gasteiger partial charge in [0.2, 0.25) is 0 Å². The molecule has 0 fully saturated rings. The zero-order valence-electron chi connectivity index (χ0n) is 13.2. The molecule has 1 aromatic carbocycles. The van der Waals surface area contributed by atoms with E-state index in [1.54, 1.807) is 6.92 Å². The Balaban J connectivity index is 3.45. The maximum absolute atomic E-state index is 11.2. The first-order valence-corrected chi connectivity index (χ1v) is 6.81. The quantitative estimate of drug-likeness (QED) is 0.853. The Morgan fingerprint density at radius 3 is 1.58 bits per heavy atom. The summed E-state index contributed by atoms with van der Waals surface area (Å²) in [6.07, 6.45) is 0. The Labute approximate surface area is 116 Å². The lowest BCUT2D eigenvalue weighted by molar-refractivity contribution is -0.138. The van der Waals surface area contributed by atoms with E-state index in [1.807, 2.05) is 12.1 Å². The average Bonchev–Trinajstić information content (AvgIpc) is 2.24. The minimum absolute atomic E-state index is 0.0221. The second-order valence-electron chi connectivity index (χ2n) is 7.40. The maximum Gasteiger partial charge on any atom is 0.310 e. The lowest BCUT2D eigenvalue weighted by Gasteiger charge is -2.27. The summed E-state index contributed by atoms with van der Waals surface area (Å²) in [6.45, 7) is 14.7. The van der Waals surface area contributed by atoms with E-state index in [-0.39, 0.29) is 10.8 Å². The topological polar surface area (TPSA) is 37.3 Å². The van der Waals surface area contributed by atoms with Crippen molar-refractivity contribution in [2.24, 2.45) is 0 Å². The van der Waals surface area contributed by atoms with Crippen molar-refractivity contribution in [2.45, 2.75) is 65.2 Å². The van der Waals surface area contributed by atoms with Crippen molar-refractivity contribution in [3.63, 3.8) is 0 Å². The zero-order valence-corrected chi connectivity index (χ0v) is 13.2. The predicted octanol–water partition coefficient (Wildman–Crippen LogP) is 4.47. The monoisotopic (exact) mass is 262 g/mol. The molecule has 0 saturated carbocycles. The lowest BCUT2D eigenvalue weighted by atomic mass is 9.78. The lowest BCUT2D eigenvalue weighted by Crippen LogP contribution is -2.18. The average molecular weight is 262 g/mol. The molecule has 1 atom stereocenters. The van der Waals surface area contributed by atoms with Crippen molar-refractivity contribution in [1.82, 2.24) is 0 Å². The molecule has 0 aliphatic carbocycles. The van der Waals surface area contributed by atoms with Gasteiger partial charge in [-0.1, -0.05) is 59.7 Å². The fourth-order valence-electron chi connectivity index (χ4n) is 1.91. The van der Waals surface area contributed by atoms with Crippen LogP contribution in [-0.4, -0.2) is 11.1 Å². The van der Waals surface area contributed by atoms with Crippen LogP contribution in [0.2, 0.25) is 0 Å². The zero-order chi connectivity index (χ0) is 15.0. The Morgan fingerprint density at radius 2 is 1.32 bits per heavy atom. The molecule has 106 valence electrons. The van der Waals surface area contributed by atoms with Gasteiger partial charge >= 0.3 is 5.97 Å². The smallest absolute Gasteiger partial charge is 0.310 e. The molecule has 1 N–H and O–H groups in total. The van der Waals surface area contributed by atoms with Gasteiger partial charge in [-0.05, 0) is 34.4 Å². The van der Waals surface area contributed by atoms with Crippen LogP contribution in [0.1, 0.15) is 71.1 Å². The molecule has 0 amide bonds. The van der Waals surface area contributed by atoms with Gasteiger partial charge in [-0.15, -0.1) is 0 Å². The summed E-state index contributed by atoms with van der Waals surface area (Å²) in [4.78, 5) is 11.2. The van der Waals surface area contributed by atoms with Gasteiger partial charge in [0.15, 0.2) is 0 Å². The van der Waals surface area contributed by atoms with Crippen LogP contribution in [0, 0.1) is 0 Å². The van der Waals surface area contributed by atoms with Crippen molar-refractivity contribution in [1.29, 1.82) is 0 Å². The maximum atomic E-state index is 11.2. The summed E-state index contributed by atoms with van der Waals surface area (Å²) >= 11 is 0. The van der Waals surface area contributed by atoms with E-state index >= 15 is 0 Å². The van der Waals surface area contributed by atoms with Gasteiger partial charge in [-0.25, -0.2) is 0 Å². The molecule has 0 bridgehead atoms. The second-order valence-corrected chi connectivity index (χ2v) is 7.40. The molecular formula is C17H26O2. The van der Waals surface area contributed by atoms with E-state index in [4.69, 9.17) is 0 Å². The number of carbonyl (C=O) groups is 1. The molecule has 0 spiro atoms. The third-order valence-corrected chi connectivity index (χ3v) is 3.56. The van der Waals surface area contributed by atoms with Crippen molar-refractivity contribution >= 4 is 5.97 Å². The molecule has 1 unspecified atom stereocenters. The summed E-state index contributed by atoms with van der Waals surface area (Å²) in [7, 11) is 0. The largest absolute Gasteiger partial charge is 0.481 e. The minimum atomic E-state index is -0.772. The molecule has 0 aliphatic rings. The molecule has 19 heavy (non-hydrogen) atoms. The number of hydrogen-bond donors (Lipinski definition) is 1. The molecule has 0 radical (unpaired) electrons. The fourth-order valence-corrected chi connectivity index (χ4v) is 1.91. The molecule has 1 aromatic rings. The number of hydrogen-bond acceptors (Lipinski definition) is 1. The van der Waals surface area contributed by atoms with E-state index in [2.05, 4.69) is 47.6 Å². The summed E-state index contributed by atoms with van der Waals surface area (Å²) in [5, 5.41) is 9.22. The van der Waals surface area contributed by atoms with Gasteiger partial charge in [-0.3, -0.25) is 4.79 Å². The highest BCUT2D eigenvalue weighted by molar-refractivity contribution is 5.75. The van der Waals surface area contributed by atoms with E-state index in [1.165, 1.54) is 11.1 Å². The van der Waals surface area contributed by atoms with Gasteiger partial charge in [0.05, 0.1) is 5.92 Å². The van der Waals surface area contributed by atoms with Crippen molar-refractivity contribution in [3.05, 3.63) is 34.9 Å². The molecule has 2 heteroatoms. The standard InChI is InChI=1S/C17H26O2/c1-11(15(18)19)12-8-13(16(2,3)4)10-14(9-12)17(5,6)7/h8-11H,1-7H3,(H,18,19). The van der Waals surface area contributed by atoms with Crippen LogP contribution in [0.25, 0.3) is 0 Å². The SMILES string of the molecule is CC(C(=O)O)c1cc(C(C)(C)C)cc(C(C)(C)C)c1. The van der Waals surface area contributed by atoms with E-state index in [9.17, 15) is 9.90 Å². The van der Waals surface area contributed by atoms with E-state index < -0.39 is 11.9 Å². The third kappa shape index (κ3) is 3.82. The number of aliphatic carboxylic acids is 1. The molecular weight excluding hydrogens is 236 g/mol. The Bertz CT molecular complexity index is 441. The molecule has 0 heterocycles. The van der Waals surface area contributed by atoms with Crippen molar-refractivity contribution in [3.8, 4) is 0 Å². The molecule has 2 nitrogen and oxygen atoms in total. The van der Waals surface area contributed by atoms with Crippen LogP contribution in [0.3, 0.4) is 0 Å².